The van der Waals surface area contributed by atoms with Crippen molar-refractivity contribution in [2.75, 3.05) is 26.4 Å². The minimum Gasteiger partial charge on any atom is -0.376 e. The van der Waals surface area contributed by atoms with E-state index in [4.69, 9.17) is 9.47 Å². The second-order valence-electron chi connectivity index (χ2n) is 6.31. The van der Waals surface area contributed by atoms with E-state index in [9.17, 15) is 4.79 Å². The van der Waals surface area contributed by atoms with Gasteiger partial charge in [0.1, 0.15) is 0 Å². The maximum absolute atomic E-state index is 12.9. The molecule has 1 aromatic carbocycles. The normalized spacial score (nSPS) is 23.6. The first kappa shape index (κ1) is 15.5. The third-order valence-corrected chi connectivity index (χ3v) is 4.80. The van der Waals surface area contributed by atoms with Crippen molar-refractivity contribution in [3.8, 4) is 0 Å². The molecule has 1 aliphatic carbocycles. The fourth-order valence-corrected chi connectivity index (χ4v) is 3.12. The third-order valence-electron chi connectivity index (χ3n) is 4.80. The molecule has 1 heterocycles. The van der Waals surface area contributed by atoms with E-state index < -0.39 is 6.10 Å². The number of carbonyl (C=O) groups excluding carboxylic acids is 1. The highest BCUT2D eigenvalue weighted by Crippen LogP contribution is 2.31. The Kier molecular flexibility index (Phi) is 5.11. The Bertz CT molecular complexity index is 480. The molecular weight excluding hydrogens is 278 g/mol. The van der Waals surface area contributed by atoms with Gasteiger partial charge in [-0.2, -0.15) is 0 Å². The second-order valence-corrected chi connectivity index (χ2v) is 6.31. The Morgan fingerprint density at radius 3 is 2.64 bits per heavy atom. The van der Waals surface area contributed by atoms with Crippen LogP contribution in [0, 0.1) is 5.92 Å². The topological polar surface area (TPSA) is 38.8 Å². The van der Waals surface area contributed by atoms with Gasteiger partial charge in [-0.15, -0.1) is 0 Å². The number of ether oxygens (including phenoxy) is 2. The zero-order valence-corrected chi connectivity index (χ0v) is 13.2. The molecule has 2 fully saturated rings. The van der Waals surface area contributed by atoms with Crippen LogP contribution in [0.4, 0.5) is 0 Å². The van der Waals surface area contributed by atoms with Crippen molar-refractivity contribution < 1.29 is 14.3 Å². The van der Waals surface area contributed by atoms with Gasteiger partial charge in [0.15, 0.2) is 6.10 Å². The molecule has 1 aromatic rings. The van der Waals surface area contributed by atoms with Gasteiger partial charge in [0, 0.05) is 6.54 Å². The summed E-state index contributed by atoms with van der Waals surface area (Å²) in [5.41, 5.74) is 1.17. The van der Waals surface area contributed by atoms with E-state index in [1.165, 1.54) is 24.8 Å². The molecule has 0 N–H and O–H groups in total. The predicted octanol–water partition coefficient (Wildman–Crippen LogP) is 2.79. The van der Waals surface area contributed by atoms with Crippen LogP contribution >= 0.6 is 0 Å². The highest BCUT2D eigenvalue weighted by molar-refractivity contribution is 5.81. The summed E-state index contributed by atoms with van der Waals surface area (Å²) in [5, 5.41) is 0. The monoisotopic (exact) mass is 303 g/mol. The van der Waals surface area contributed by atoms with Crippen LogP contribution in [0.5, 0.6) is 0 Å². The number of hydrogen-bond acceptors (Lipinski definition) is 3. The van der Waals surface area contributed by atoms with Crippen molar-refractivity contribution >= 4 is 5.91 Å². The minimum atomic E-state index is -0.444. The predicted molar refractivity (Wildman–Crippen MR) is 84.5 cm³/mol. The summed E-state index contributed by atoms with van der Waals surface area (Å²) in [7, 11) is 0. The van der Waals surface area contributed by atoms with Crippen molar-refractivity contribution in [1.82, 2.24) is 4.90 Å². The lowest BCUT2D eigenvalue weighted by molar-refractivity contribution is -0.161. The van der Waals surface area contributed by atoms with E-state index in [2.05, 4.69) is 19.1 Å². The molecule has 1 saturated heterocycles. The Morgan fingerprint density at radius 1 is 1.27 bits per heavy atom. The quantitative estimate of drug-likeness (QED) is 0.839. The molecule has 0 spiro atoms. The standard InChI is InChI=1S/C18H25NO3/c1-14(16-8-3-2-4-9-16)19(12-15-6-5-7-15)18(20)17-13-21-10-11-22-17/h2-4,8-9,14-15,17H,5-7,10-13H2,1H3. The number of benzene rings is 1. The van der Waals surface area contributed by atoms with Crippen molar-refractivity contribution in [2.24, 2.45) is 5.92 Å². The molecule has 1 amide bonds. The maximum Gasteiger partial charge on any atom is 0.254 e. The first-order chi connectivity index (χ1) is 10.8. The van der Waals surface area contributed by atoms with E-state index in [1.54, 1.807) is 0 Å². The highest BCUT2D eigenvalue weighted by Gasteiger charge is 2.33. The molecule has 0 aromatic heterocycles. The molecule has 120 valence electrons. The van der Waals surface area contributed by atoms with Gasteiger partial charge in [-0.1, -0.05) is 36.8 Å². The van der Waals surface area contributed by atoms with Crippen LogP contribution < -0.4 is 0 Å². The number of amides is 1. The van der Waals surface area contributed by atoms with Gasteiger partial charge in [-0.25, -0.2) is 0 Å². The Morgan fingerprint density at radius 2 is 2.05 bits per heavy atom. The van der Waals surface area contributed by atoms with Crippen molar-refractivity contribution in [3.63, 3.8) is 0 Å². The summed E-state index contributed by atoms with van der Waals surface area (Å²) in [6.07, 6.45) is 3.30. The van der Waals surface area contributed by atoms with Crippen LogP contribution in [-0.2, 0) is 14.3 Å². The van der Waals surface area contributed by atoms with Crippen LogP contribution in [0.3, 0.4) is 0 Å². The Hall–Kier alpha value is -1.39. The average molecular weight is 303 g/mol. The number of hydrogen-bond donors (Lipinski definition) is 0. The molecule has 1 aliphatic heterocycles. The molecule has 4 nitrogen and oxygen atoms in total. The molecule has 2 atom stereocenters. The number of rotatable bonds is 5. The zero-order valence-electron chi connectivity index (χ0n) is 13.2. The largest absolute Gasteiger partial charge is 0.376 e. The van der Waals surface area contributed by atoms with Gasteiger partial charge in [0.05, 0.1) is 25.9 Å². The number of carbonyl (C=O) groups is 1. The Balaban J connectivity index is 1.74. The van der Waals surface area contributed by atoms with E-state index in [0.29, 0.717) is 25.7 Å². The molecule has 0 bridgehead atoms. The molecule has 2 aliphatic rings. The lowest BCUT2D eigenvalue weighted by atomic mass is 9.84. The lowest BCUT2D eigenvalue weighted by Gasteiger charge is -2.38. The summed E-state index contributed by atoms with van der Waals surface area (Å²) in [5.74, 6) is 0.711. The molecular formula is C18H25NO3. The molecule has 2 unspecified atom stereocenters. The summed E-state index contributed by atoms with van der Waals surface area (Å²) in [4.78, 5) is 14.9. The summed E-state index contributed by atoms with van der Waals surface area (Å²) < 4.78 is 11.0. The van der Waals surface area contributed by atoms with Crippen LogP contribution in [0.2, 0.25) is 0 Å². The summed E-state index contributed by atoms with van der Waals surface area (Å²) in [6.45, 7) is 4.40. The second kappa shape index (κ2) is 7.25. The van der Waals surface area contributed by atoms with Crippen LogP contribution in [0.1, 0.15) is 37.8 Å². The van der Waals surface area contributed by atoms with Crippen LogP contribution in [0.25, 0.3) is 0 Å². The third kappa shape index (κ3) is 3.50. The SMILES string of the molecule is CC(c1ccccc1)N(CC1CCC1)C(=O)C1COCCO1. The smallest absolute Gasteiger partial charge is 0.254 e. The van der Waals surface area contributed by atoms with E-state index in [1.807, 2.05) is 23.1 Å². The van der Waals surface area contributed by atoms with Gasteiger partial charge in [-0.05, 0) is 31.2 Å². The van der Waals surface area contributed by atoms with Crippen molar-refractivity contribution in [2.45, 2.75) is 38.3 Å². The van der Waals surface area contributed by atoms with E-state index in [0.717, 1.165) is 6.54 Å². The zero-order chi connectivity index (χ0) is 15.4. The minimum absolute atomic E-state index is 0.0693. The lowest BCUT2D eigenvalue weighted by Crippen LogP contribution is -2.48. The van der Waals surface area contributed by atoms with Crippen LogP contribution in [0.15, 0.2) is 30.3 Å². The van der Waals surface area contributed by atoms with Gasteiger partial charge in [0.2, 0.25) is 0 Å². The van der Waals surface area contributed by atoms with Gasteiger partial charge in [0.25, 0.3) is 5.91 Å². The average Bonchev–Trinajstić information content (AvgIpc) is 2.54. The maximum atomic E-state index is 12.9. The first-order valence-corrected chi connectivity index (χ1v) is 8.30. The fraction of sp³-hybridized carbons (Fsp3) is 0.611. The summed E-state index contributed by atoms with van der Waals surface area (Å²) >= 11 is 0. The molecule has 4 heteroatoms. The van der Waals surface area contributed by atoms with Gasteiger partial charge < -0.3 is 14.4 Å². The highest BCUT2D eigenvalue weighted by atomic mass is 16.6. The Labute approximate surface area is 132 Å². The fourth-order valence-electron chi connectivity index (χ4n) is 3.12. The van der Waals surface area contributed by atoms with Crippen molar-refractivity contribution in [3.05, 3.63) is 35.9 Å². The molecule has 3 rings (SSSR count). The molecule has 22 heavy (non-hydrogen) atoms. The molecule has 1 saturated carbocycles. The van der Waals surface area contributed by atoms with Crippen LogP contribution in [-0.4, -0.2) is 43.3 Å². The van der Waals surface area contributed by atoms with E-state index in [-0.39, 0.29) is 11.9 Å². The number of nitrogens with zero attached hydrogens (tertiary/aromatic N) is 1. The van der Waals surface area contributed by atoms with Gasteiger partial charge in [-0.3, -0.25) is 4.79 Å². The first-order valence-electron chi connectivity index (χ1n) is 8.30. The van der Waals surface area contributed by atoms with Gasteiger partial charge >= 0.3 is 0 Å². The summed E-state index contributed by atoms with van der Waals surface area (Å²) in [6, 6.07) is 10.3. The van der Waals surface area contributed by atoms with E-state index >= 15 is 0 Å². The molecule has 0 radical (unpaired) electrons. The van der Waals surface area contributed by atoms with Crippen molar-refractivity contribution in [1.29, 1.82) is 0 Å².